The molecule has 0 amide bonds. The van der Waals surface area contributed by atoms with Crippen molar-refractivity contribution in [3.05, 3.63) is 30.3 Å². The number of rotatable bonds is 5. The standard InChI is InChI=1S/C12H16O3/c1-2-3-9-11(13)12(14)15-10-7-5-4-6-8-10/h4-8,11,13H,2-3,9H2,1H3. The molecule has 0 aromatic heterocycles. The molecule has 3 heteroatoms. The Bertz CT molecular complexity index is 295. The molecule has 0 aliphatic rings. The molecule has 0 saturated carbocycles. The van der Waals surface area contributed by atoms with Crippen molar-refractivity contribution in [1.82, 2.24) is 0 Å². The van der Waals surface area contributed by atoms with Gasteiger partial charge in [-0.05, 0) is 18.6 Å². The number of unbranched alkanes of at least 4 members (excludes halogenated alkanes) is 1. The smallest absolute Gasteiger partial charge is 0.340 e. The van der Waals surface area contributed by atoms with Crippen LogP contribution < -0.4 is 4.74 Å². The van der Waals surface area contributed by atoms with Crippen molar-refractivity contribution in [3.8, 4) is 5.75 Å². The average Bonchev–Trinajstić information content (AvgIpc) is 2.27. The predicted molar refractivity (Wildman–Crippen MR) is 57.6 cm³/mol. The minimum atomic E-state index is -1.01. The number of benzene rings is 1. The lowest BCUT2D eigenvalue weighted by Gasteiger charge is -2.09. The third kappa shape index (κ3) is 4.13. The average molecular weight is 208 g/mol. The van der Waals surface area contributed by atoms with E-state index in [-0.39, 0.29) is 0 Å². The summed E-state index contributed by atoms with van der Waals surface area (Å²) >= 11 is 0. The topological polar surface area (TPSA) is 46.5 Å². The van der Waals surface area contributed by atoms with Crippen LogP contribution in [-0.2, 0) is 4.79 Å². The summed E-state index contributed by atoms with van der Waals surface area (Å²) in [4.78, 5) is 11.3. The van der Waals surface area contributed by atoms with Gasteiger partial charge in [-0.25, -0.2) is 4.79 Å². The Balaban J connectivity index is 2.42. The maximum Gasteiger partial charge on any atom is 0.340 e. The molecular formula is C12H16O3. The highest BCUT2D eigenvalue weighted by atomic mass is 16.5. The maximum absolute atomic E-state index is 11.3. The number of ether oxygens (including phenoxy) is 1. The van der Waals surface area contributed by atoms with Crippen LogP contribution in [0.1, 0.15) is 26.2 Å². The van der Waals surface area contributed by atoms with Crippen molar-refractivity contribution in [2.45, 2.75) is 32.3 Å². The third-order valence-corrected chi connectivity index (χ3v) is 2.06. The summed E-state index contributed by atoms with van der Waals surface area (Å²) in [7, 11) is 0. The van der Waals surface area contributed by atoms with Crippen LogP contribution in [0.2, 0.25) is 0 Å². The van der Waals surface area contributed by atoms with Gasteiger partial charge < -0.3 is 9.84 Å². The van der Waals surface area contributed by atoms with E-state index in [2.05, 4.69) is 0 Å². The molecule has 0 fully saturated rings. The molecule has 3 nitrogen and oxygen atoms in total. The number of hydrogen-bond donors (Lipinski definition) is 1. The summed E-state index contributed by atoms with van der Waals surface area (Å²) < 4.78 is 4.98. The van der Waals surface area contributed by atoms with Crippen LogP contribution >= 0.6 is 0 Å². The zero-order valence-corrected chi connectivity index (χ0v) is 8.85. The minimum Gasteiger partial charge on any atom is -0.425 e. The quantitative estimate of drug-likeness (QED) is 0.595. The second kappa shape index (κ2) is 6.19. The predicted octanol–water partition coefficient (Wildman–Crippen LogP) is 2.14. The van der Waals surface area contributed by atoms with Gasteiger partial charge in [0.1, 0.15) is 5.75 Å². The molecule has 82 valence electrons. The molecule has 0 aliphatic heterocycles. The molecule has 1 rings (SSSR count). The van der Waals surface area contributed by atoms with Crippen LogP contribution in [0.15, 0.2) is 30.3 Å². The van der Waals surface area contributed by atoms with E-state index in [1.807, 2.05) is 13.0 Å². The molecule has 0 heterocycles. The van der Waals surface area contributed by atoms with Crippen LogP contribution in [0.5, 0.6) is 5.75 Å². The van der Waals surface area contributed by atoms with E-state index in [1.54, 1.807) is 24.3 Å². The molecule has 15 heavy (non-hydrogen) atoms. The SMILES string of the molecule is CCCCC(O)C(=O)Oc1ccccc1. The van der Waals surface area contributed by atoms with Gasteiger partial charge in [0.2, 0.25) is 0 Å². The van der Waals surface area contributed by atoms with Crippen molar-refractivity contribution in [3.63, 3.8) is 0 Å². The highest BCUT2D eigenvalue weighted by molar-refractivity contribution is 5.76. The zero-order chi connectivity index (χ0) is 11.1. The minimum absolute atomic E-state index is 0.460. The van der Waals surface area contributed by atoms with Gasteiger partial charge in [0.25, 0.3) is 0 Å². The van der Waals surface area contributed by atoms with Crippen molar-refractivity contribution in [2.24, 2.45) is 0 Å². The normalized spacial score (nSPS) is 12.1. The Morgan fingerprint density at radius 1 is 1.40 bits per heavy atom. The number of esters is 1. The van der Waals surface area contributed by atoms with Gasteiger partial charge in [-0.2, -0.15) is 0 Å². The Kier molecular flexibility index (Phi) is 4.84. The maximum atomic E-state index is 11.3. The molecule has 0 aliphatic carbocycles. The number of aliphatic hydroxyl groups excluding tert-OH is 1. The van der Waals surface area contributed by atoms with E-state index in [0.717, 1.165) is 12.8 Å². The van der Waals surface area contributed by atoms with E-state index in [1.165, 1.54) is 0 Å². The van der Waals surface area contributed by atoms with E-state index in [4.69, 9.17) is 4.74 Å². The molecule has 1 atom stereocenters. The van der Waals surface area contributed by atoms with E-state index in [0.29, 0.717) is 12.2 Å². The van der Waals surface area contributed by atoms with E-state index < -0.39 is 12.1 Å². The summed E-state index contributed by atoms with van der Waals surface area (Å²) in [5.41, 5.74) is 0. The Morgan fingerprint density at radius 2 is 2.07 bits per heavy atom. The summed E-state index contributed by atoms with van der Waals surface area (Å²) in [6.45, 7) is 2.01. The number of carbonyl (C=O) groups excluding carboxylic acids is 1. The number of para-hydroxylation sites is 1. The lowest BCUT2D eigenvalue weighted by Crippen LogP contribution is -2.25. The van der Waals surface area contributed by atoms with Crippen molar-refractivity contribution in [2.75, 3.05) is 0 Å². The third-order valence-electron chi connectivity index (χ3n) is 2.06. The van der Waals surface area contributed by atoms with Crippen LogP contribution in [0.4, 0.5) is 0 Å². The molecule has 0 saturated heterocycles. The fourth-order valence-corrected chi connectivity index (χ4v) is 1.19. The van der Waals surface area contributed by atoms with Crippen LogP contribution in [0, 0.1) is 0 Å². The Hall–Kier alpha value is -1.35. The highest BCUT2D eigenvalue weighted by Crippen LogP contribution is 2.10. The van der Waals surface area contributed by atoms with Crippen molar-refractivity contribution in [1.29, 1.82) is 0 Å². The van der Waals surface area contributed by atoms with Gasteiger partial charge in [-0.15, -0.1) is 0 Å². The van der Waals surface area contributed by atoms with Gasteiger partial charge in [0.05, 0.1) is 0 Å². The Morgan fingerprint density at radius 3 is 2.67 bits per heavy atom. The van der Waals surface area contributed by atoms with Gasteiger partial charge in [0, 0.05) is 0 Å². The summed E-state index contributed by atoms with van der Waals surface area (Å²) in [6.07, 6.45) is 1.23. The number of carbonyl (C=O) groups is 1. The first-order valence-corrected chi connectivity index (χ1v) is 5.19. The van der Waals surface area contributed by atoms with Crippen LogP contribution in [0.25, 0.3) is 0 Å². The molecule has 0 spiro atoms. The van der Waals surface area contributed by atoms with E-state index >= 15 is 0 Å². The number of aliphatic hydroxyl groups is 1. The van der Waals surface area contributed by atoms with Gasteiger partial charge in [-0.3, -0.25) is 0 Å². The summed E-state index contributed by atoms with van der Waals surface area (Å²) in [6, 6.07) is 8.77. The number of hydrogen-bond acceptors (Lipinski definition) is 3. The molecule has 0 bridgehead atoms. The zero-order valence-electron chi connectivity index (χ0n) is 8.85. The van der Waals surface area contributed by atoms with Crippen molar-refractivity contribution >= 4 is 5.97 Å². The molecular weight excluding hydrogens is 192 g/mol. The van der Waals surface area contributed by atoms with Crippen LogP contribution in [-0.4, -0.2) is 17.2 Å². The van der Waals surface area contributed by atoms with Crippen LogP contribution in [0.3, 0.4) is 0 Å². The highest BCUT2D eigenvalue weighted by Gasteiger charge is 2.16. The fraction of sp³-hybridized carbons (Fsp3) is 0.417. The molecule has 0 radical (unpaired) electrons. The molecule has 1 N–H and O–H groups in total. The lowest BCUT2D eigenvalue weighted by molar-refractivity contribution is -0.144. The van der Waals surface area contributed by atoms with Gasteiger partial charge in [0.15, 0.2) is 6.10 Å². The second-order valence-electron chi connectivity index (χ2n) is 3.39. The first-order chi connectivity index (χ1) is 7.24. The van der Waals surface area contributed by atoms with E-state index in [9.17, 15) is 9.90 Å². The summed E-state index contributed by atoms with van der Waals surface area (Å²) in [5, 5.41) is 9.44. The Labute approximate surface area is 89.7 Å². The largest absolute Gasteiger partial charge is 0.425 e. The molecule has 1 unspecified atom stereocenters. The second-order valence-corrected chi connectivity index (χ2v) is 3.39. The molecule has 1 aromatic rings. The lowest BCUT2D eigenvalue weighted by atomic mass is 10.2. The fourth-order valence-electron chi connectivity index (χ4n) is 1.19. The van der Waals surface area contributed by atoms with Gasteiger partial charge >= 0.3 is 5.97 Å². The molecule has 1 aromatic carbocycles. The first kappa shape index (κ1) is 11.7. The summed E-state index contributed by atoms with van der Waals surface area (Å²) in [5.74, 6) is -0.104. The van der Waals surface area contributed by atoms with Gasteiger partial charge in [-0.1, -0.05) is 38.0 Å². The monoisotopic (exact) mass is 208 g/mol. The van der Waals surface area contributed by atoms with Crippen molar-refractivity contribution < 1.29 is 14.6 Å². The first-order valence-electron chi connectivity index (χ1n) is 5.19.